The second-order valence-electron chi connectivity index (χ2n) is 7.48. The molecule has 0 unspecified atom stereocenters. The fourth-order valence-electron chi connectivity index (χ4n) is 2.14. The van der Waals surface area contributed by atoms with E-state index >= 15 is 0 Å². The van der Waals surface area contributed by atoms with Crippen LogP contribution in [0.1, 0.15) is 46.0 Å². The Kier molecular flexibility index (Phi) is 5.13. The number of carbonyl (C=O) groups excluding carboxylic acids is 1. The average Bonchev–Trinajstić information content (AvgIpc) is 2.47. The first-order valence-electron chi connectivity index (χ1n) is 8.13. The van der Waals surface area contributed by atoms with Crippen molar-refractivity contribution in [2.75, 3.05) is 5.32 Å². The van der Waals surface area contributed by atoms with Crippen molar-refractivity contribution in [1.29, 1.82) is 0 Å². The summed E-state index contributed by atoms with van der Waals surface area (Å²) in [5, 5.41) is 12.9. The second kappa shape index (κ2) is 6.80. The maximum atomic E-state index is 12.0. The molecule has 1 aromatic heterocycles. The third kappa shape index (κ3) is 5.26. The molecule has 1 amide bonds. The van der Waals surface area contributed by atoms with E-state index in [9.17, 15) is 9.90 Å². The Morgan fingerprint density at radius 2 is 1.84 bits per heavy atom. The average molecular weight is 343 g/mol. The fourth-order valence-corrected chi connectivity index (χ4v) is 2.14. The second-order valence-corrected chi connectivity index (χ2v) is 7.48. The molecule has 2 rings (SSSR count). The van der Waals surface area contributed by atoms with Crippen molar-refractivity contribution in [2.45, 2.75) is 52.7 Å². The van der Waals surface area contributed by atoms with Crippen LogP contribution in [0.3, 0.4) is 0 Å². The van der Waals surface area contributed by atoms with Crippen molar-refractivity contribution in [3.05, 3.63) is 41.9 Å². The zero-order chi connectivity index (χ0) is 18.8. The minimum Gasteiger partial charge on any atom is -0.444 e. The summed E-state index contributed by atoms with van der Waals surface area (Å²) in [4.78, 5) is 20.6. The lowest BCUT2D eigenvalue weighted by Gasteiger charge is -2.20. The summed E-state index contributed by atoms with van der Waals surface area (Å²) in [7, 11) is 0. The lowest BCUT2D eigenvalue weighted by Crippen LogP contribution is -2.27. The van der Waals surface area contributed by atoms with Gasteiger partial charge in [0.05, 0.1) is 5.69 Å². The molecule has 2 aromatic rings. The summed E-state index contributed by atoms with van der Waals surface area (Å²) in [5.41, 5.74) is 1.34. The first kappa shape index (κ1) is 18.9. The number of benzene rings is 1. The van der Waals surface area contributed by atoms with Gasteiger partial charge in [0.2, 0.25) is 0 Å². The molecule has 1 heterocycles. The minimum atomic E-state index is -1.13. The van der Waals surface area contributed by atoms with E-state index in [1.54, 1.807) is 26.1 Å². The Morgan fingerprint density at radius 3 is 2.44 bits per heavy atom. The van der Waals surface area contributed by atoms with Gasteiger partial charge < -0.3 is 9.84 Å². The van der Waals surface area contributed by atoms with E-state index in [-0.39, 0.29) is 0 Å². The minimum absolute atomic E-state index is 0.340. The van der Waals surface area contributed by atoms with Gasteiger partial charge in [-0.05, 0) is 59.2 Å². The van der Waals surface area contributed by atoms with Crippen molar-refractivity contribution in [3.8, 4) is 11.3 Å². The van der Waals surface area contributed by atoms with Crippen molar-refractivity contribution < 1.29 is 14.6 Å². The van der Waals surface area contributed by atoms with E-state index in [2.05, 4.69) is 15.3 Å². The molecule has 0 aliphatic rings. The highest BCUT2D eigenvalue weighted by atomic mass is 16.6. The Hall–Kier alpha value is -2.47. The van der Waals surface area contributed by atoms with Gasteiger partial charge in [-0.1, -0.05) is 12.1 Å². The van der Waals surface area contributed by atoms with E-state index in [4.69, 9.17) is 4.74 Å². The fraction of sp³-hybridized carbons (Fsp3) is 0.421. The number of hydrogen-bond acceptors (Lipinski definition) is 5. The molecule has 6 heteroatoms. The molecule has 0 spiro atoms. The molecule has 2 N–H and O–H groups in total. The van der Waals surface area contributed by atoms with Crippen LogP contribution in [0.15, 0.2) is 30.5 Å². The molecule has 6 nitrogen and oxygen atoms in total. The SMILES string of the molecule is Cc1ccc(-c2ccnc(C(C)(C)O)n2)cc1NC(=O)OC(C)(C)C. The number of anilines is 1. The van der Waals surface area contributed by atoms with Gasteiger partial charge >= 0.3 is 6.09 Å². The largest absolute Gasteiger partial charge is 0.444 e. The zero-order valence-corrected chi connectivity index (χ0v) is 15.5. The number of aromatic nitrogens is 2. The number of ether oxygens (including phenoxy) is 1. The van der Waals surface area contributed by atoms with Crippen molar-refractivity contribution in [3.63, 3.8) is 0 Å². The summed E-state index contributed by atoms with van der Waals surface area (Å²) >= 11 is 0. The van der Waals surface area contributed by atoms with Gasteiger partial charge in [-0.3, -0.25) is 5.32 Å². The van der Waals surface area contributed by atoms with E-state index in [1.807, 2.05) is 45.9 Å². The molecular formula is C19H25N3O3. The summed E-state index contributed by atoms with van der Waals surface area (Å²) in [5.74, 6) is 0.340. The molecule has 0 radical (unpaired) electrons. The first-order valence-corrected chi connectivity index (χ1v) is 8.13. The monoisotopic (exact) mass is 343 g/mol. The molecule has 0 bridgehead atoms. The Bertz CT molecular complexity index is 774. The molecule has 0 fully saturated rings. The molecule has 1 aromatic carbocycles. The van der Waals surface area contributed by atoms with Crippen LogP contribution >= 0.6 is 0 Å². The first-order chi connectivity index (χ1) is 11.5. The number of aliphatic hydroxyl groups is 1. The third-order valence-corrected chi connectivity index (χ3v) is 3.37. The van der Waals surface area contributed by atoms with E-state index in [0.29, 0.717) is 17.2 Å². The molecule has 25 heavy (non-hydrogen) atoms. The highest BCUT2D eigenvalue weighted by molar-refractivity contribution is 5.87. The molecule has 0 saturated heterocycles. The molecule has 134 valence electrons. The van der Waals surface area contributed by atoms with Gasteiger partial charge in [-0.2, -0.15) is 0 Å². The van der Waals surface area contributed by atoms with Crippen LogP contribution < -0.4 is 5.32 Å². The van der Waals surface area contributed by atoms with E-state index in [1.165, 1.54) is 0 Å². The lowest BCUT2D eigenvalue weighted by atomic mass is 10.1. The number of carbonyl (C=O) groups is 1. The Balaban J connectivity index is 2.32. The number of rotatable bonds is 3. The standard InChI is InChI=1S/C19H25N3O3/c1-12-7-8-13(11-15(12)22-17(23)25-18(2,3)4)14-9-10-20-16(21-14)19(5,6)24/h7-11,24H,1-6H3,(H,22,23). The van der Waals surface area contributed by atoms with Crippen LogP contribution in [0, 0.1) is 6.92 Å². The van der Waals surface area contributed by atoms with E-state index < -0.39 is 17.3 Å². The molecule has 0 aliphatic heterocycles. The number of aryl methyl sites for hydroxylation is 1. The van der Waals surface area contributed by atoms with E-state index in [0.717, 1.165) is 11.1 Å². The number of amides is 1. The normalized spacial score (nSPS) is 12.0. The van der Waals surface area contributed by atoms with Gasteiger partial charge in [0.15, 0.2) is 5.82 Å². The highest BCUT2D eigenvalue weighted by Gasteiger charge is 2.20. The van der Waals surface area contributed by atoms with Gasteiger partial charge in [0.1, 0.15) is 11.2 Å². The zero-order valence-electron chi connectivity index (χ0n) is 15.5. The van der Waals surface area contributed by atoms with Crippen LogP contribution in [0.25, 0.3) is 11.3 Å². The van der Waals surface area contributed by atoms with Gasteiger partial charge in [-0.15, -0.1) is 0 Å². The highest BCUT2D eigenvalue weighted by Crippen LogP contribution is 2.26. The molecule has 0 saturated carbocycles. The smallest absolute Gasteiger partial charge is 0.412 e. The van der Waals surface area contributed by atoms with Gasteiger partial charge in [0.25, 0.3) is 0 Å². The van der Waals surface area contributed by atoms with Gasteiger partial charge in [0, 0.05) is 17.4 Å². The molecule has 0 aliphatic carbocycles. The quantitative estimate of drug-likeness (QED) is 0.879. The van der Waals surface area contributed by atoms with Crippen molar-refractivity contribution >= 4 is 11.8 Å². The predicted molar refractivity (Wildman–Crippen MR) is 97.3 cm³/mol. The maximum Gasteiger partial charge on any atom is 0.412 e. The Labute approximate surface area is 148 Å². The summed E-state index contributed by atoms with van der Waals surface area (Å²) in [6.07, 6.45) is 1.10. The molecule has 0 atom stereocenters. The Morgan fingerprint density at radius 1 is 1.16 bits per heavy atom. The van der Waals surface area contributed by atoms with Gasteiger partial charge in [-0.25, -0.2) is 14.8 Å². The number of nitrogens with zero attached hydrogens (tertiary/aromatic N) is 2. The summed E-state index contributed by atoms with van der Waals surface area (Å²) < 4.78 is 5.30. The number of nitrogens with one attached hydrogen (secondary N) is 1. The summed E-state index contributed by atoms with van der Waals surface area (Å²) in [6.45, 7) is 10.6. The predicted octanol–water partition coefficient (Wildman–Crippen LogP) is 4.03. The maximum absolute atomic E-state index is 12.0. The lowest BCUT2D eigenvalue weighted by molar-refractivity contribution is 0.0635. The third-order valence-electron chi connectivity index (χ3n) is 3.37. The number of hydrogen-bond donors (Lipinski definition) is 2. The van der Waals surface area contributed by atoms with Crippen molar-refractivity contribution in [1.82, 2.24) is 9.97 Å². The van der Waals surface area contributed by atoms with Crippen LogP contribution in [0.2, 0.25) is 0 Å². The summed E-state index contributed by atoms with van der Waals surface area (Å²) in [6, 6.07) is 7.40. The van der Waals surface area contributed by atoms with Crippen molar-refractivity contribution in [2.24, 2.45) is 0 Å². The van der Waals surface area contributed by atoms with Crippen LogP contribution in [-0.4, -0.2) is 26.8 Å². The van der Waals surface area contributed by atoms with Crippen LogP contribution in [0.5, 0.6) is 0 Å². The van der Waals surface area contributed by atoms with Crippen LogP contribution in [-0.2, 0) is 10.3 Å². The molecular weight excluding hydrogens is 318 g/mol. The van der Waals surface area contributed by atoms with Crippen LogP contribution in [0.4, 0.5) is 10.5 Å². The topological polar surface area (TPSA) is 84.3 Å².